The summed E-state index contributed by atoms with van der Waals surface area (Å²) in [7, 11) is 1.57. The van der Waals surface area contributed by atoms with E-state index >= 15 is 0 Å². The minimum Gasteiger partial charge on any atom is -0.481 e. The largest absolute Gasteiger partial charge is 0.481 e. The van der Waals surface area contributed by atoms with E-state index in [4.69, 9.17) is 4.74 Å². The molecule has 98 valence electrons. The molecule has 0 bridgehead atoms. The number of hydrogen-bond acceptors (Lipinski definition) is 3. The molecule has 1 aromatic carbocycles. The number of methoxy groups -OCH3 is 1. The monoisotopic (exact) mass is 368 g/mol. The predicted octanol–water partition coefficient (Wildman–Crippen LogP) is 2.62. The summed E-state index contributed by atoms with van der Waals surface area (Å²) in [4.78, 5) is 16.0. The predicted molar refractivity (Wildman–Crippen MR) is 81.1 cm³/mol. The highest BCUT2D eigenvalue weighted by Gasteiger charge is 2.05. The summed E-state index contributed by atoms with van der Waals surface area (Å²) in [5, 5.41) is 2.85. The normalized spacial score (nSPS) is 10.0. The van der Waals surface area contributed by atoms with Gasteiger partial charge >= 0.3 is 0 Å². The second-order valence-electron chi connectivity index (χ2n) is 3.90. The van der Waals surface area contributed by atoms with Crippen LogP contribution in [-0.4, -0.2) is 18.0 Å². The van der Waals surface area contributed by atoms with Crippen LogP contribution in [0.1, 0.15) is 15.9 Å². The highest BCUT2D eigenvalue weighted by Crippen LogP contribution is 2.08. The van der Waals surface area contributed by atoms with Crippen molar-refractivity contribution in [3.05, 3.63) is 57.3 Å². The van der Waals surface area contributed by atoms with Gasteiger partial charge < -0.3 is 10.1 Å². The van der Waals surface area contributed by atoms with Gasteiger partial charge in [-0.25, -0.2) is 4.98 Å². The molecule has 0 aliphatic rings. The fourth-order valence-electron chi connectivity index (χ4n) is 1.52. The molecule has 0 fully saturated rings. The van der Waals surface area contributed by atoms with Crippen LogP contribution in [0, 0.1) is 3.57 Å². The maximum absolute atomic E-state index is 11.9. The van der Waals surface area contributed by atoms with E-state index in [1.807, 2.05) is 30.3 Å². The summed E-state index contributed by atoms with van der Waals surface area (Å²) in [6.45, 7) is 0.446. The zero-order valence-electron chi connectivity index (χ0n) is 10.4. The average molecular weight is 368 g/mol. The molecule has 0 spiro atoms. The SMILES string of the molecule is COc1ccc(CNC(=O)c2ccc(I)cc2)cn1. The third kappa shape index (κ3) is 3.92. The van der Waals surface area contributed by atoms with Crippen molar-refractivity contribution in [3.63, 3.8) is 0 Å². The van der Waals surface area contributed by atoms with Gasteiger partial charge in [-0.3, -0.25) is 4.79 Å². The molecule has 2 rings (SSSR count). The average Bonchev–Trinajstić information content (AvgIpc) is 2.46. The van der Waals surface area contributed by atoms with E-state index in [0.717, 1.165) is 9.13 Å². The number of hydrogen-bond donors (Lipinski definition) is 1. The minimum atomic E-state index is -0.0905. The number of amides is 1. The topological polar surface area (TPSA) is 51.2 Å². The van der Waals surface area contributed by atoms with Gasteiger partial charge in [0, 0.05) is 27.9 Å². The third-order valence-corrected chi connectivity index (χ3v) is 3.29. The molecule has 4 nitrogen and oxygen atoms in total. The molecule has 0 unspecified atom stereocenters. The molecule has 0 saturated heterocycles. The standard InChI is InChI=1S/C14H13IN2O2/c1-19-13-7-2-10(8-16-13)9-17-14(18)11-3-5-12(15)6-4-11/h2-8H,9H2,1H3,(H,17,18). The van der Waals surface area contributed by atoms with Crippen LogP contribution in [0.3, 0.4) is 0 Å². The van der Waals surface area contributed by atoms with Crippen molar-refractivity contribution in [2.24, 2.45) is 0 Å². The molecule has 0 atom stereocenters. The Morgan fingerprint density at radius 2 is 2.00 bits per heavy atom. The van der Waals surface area contributed by atoms with Crippen LogP contribution in [0.4, 0.5) is 0 Å². The van der Waals surface area contributed by atoms with Gasteiger partial charge in [-0.1, -0.05) is 6.07 Å². The van der Waals surface area contributed by atoms with Gasteiger partial charge in [0.2, 0.25) is 5.88 Å². The van der Waals surface area contributed by atoms with Gasteiger partial charge in [-0.05, 0) is 52.4 Å². The maximum atomic E-state index is 11.9. The maximum Gasteiger partial charge on any atom is 0.251 e. The molecule has 1 heterocycles. The van der Waals surface area contributed by atoms with Crippen LogP contribution >= 0.6 is 22.6 Å². The molecule has 0 aliphatic heterocycles. The molecule has 1 aromatic heterocycles. The number of carbonyl (C=O) groups excluding carboxylic acids is 1. The van der Waals surface area contributed by atoms with Crippen molar-refractivity contribution in [3.8, 4) is 5.88 Å². The first-order valence-electron chi connectivity index (χ1n) is 5.72. The van der Waals surface area contributed by atoms with Crippen LogP contribution in [0.2, 0.25) is 0 Å². The zero-order chi connectivity index (χ0) is 13.7. The lowest BCUT2D eigenvalue weighted by molar-refractivity contribution is 0.0951. The molecular weight excluding hydrogens is 355 g/mol. The summed E-state index contributed by atoms with van der Waals surface area (Å²) in [6.07, 6.45) is 1.69. The van der Waals surface area contributed by atoms with E-state index in [0.29, 0.717) is 18.0 Å². The lowest BCUT2D eigenvalue weighted by Gasteiger charge is -2.06. The highest BCUT2D eigenvalue weighted by atomic mass is 127. The van der Waals surface area contributed by atoms with Gasteiger partial charge in [0.05, 0.1) is 7.11 Å². The summed E-state index contributed by atoms with van der Waals surface area (Å²) >= 11 is 2.21. The highest BCUT2D eigenvalue weighted by molar-refractivity contribution is 14.1. The number of benzene rings is 1. The fraction of sp³-hybridized carbons (Fsp3) is 0.143. The van der Waals surface area contributed by atoms with Gasteiger partial charge in [-0.15, -0.1) is 0 Å². The Morgan fingerprint density at radius 1 is 1.26 bits per heavy atom. The number of ether oxygens (including phenoxy) is 1. The van der Waals surface area contributed by atoms with Gasteiger partial charge in [0.1, 0.15) is 0 Å². The van der Waals surface area contributed by atoms with Gasteiger partial charge in [0.25, 0.3) is 5.91 Å². The fourth-order valence-corrected chi connectivity index (χ4v) is 1.88. The van der Waals surface area contributed by atoms with Crippen molar-refractivity contribution in [1.82, 2.24) is 10.3 Å². The first-order chi connectivity index (χ1) is 9.19. The Balaban J connectivity index is 1.94. The first kappa shape index (κ1) is 13.8. The lowest BCUT2D eigenvalue weighted by Crippen LogP contribution is -2.22. The molecule has 0 saturated carbocycles. The van der Waals surface area contributed by atoms with E-state index in [1.165, 1.54) is 0 Å². The number of carbonyl (C=O) groups is 1. The summed E-state index contributed by atoms with van der Waals surface area (Å²) in [5.41, 5.74) is 1.58. The molecule has 2 aromatic rings. The van der Waals surface area contributed by atoms with E-state index in [-0.39, 0.29) is 5.91 Å². The number of aromatic nitrogens is 1. The number of pyridine rings is 1. The molecule has 1 amide bonds. The molecule has 0 aliphatic carbocycles. The van der Waals surface area contributed by atoms with Crippen LogP contribution in [-0.2, 0) is 6.54 Å². The van der Waals surface area contributed by atoms with Crippen LogP contribution in [0.25, 0.3) is 0 Å². The molecule has 19 heavy (non-hydrogen) atoms. The van der Waals surface area contributed by atoms with Crippen molar-refractivity contribution < 1.29 is 9.53 Å². The Kier molecular flexibility index (Phi) is 4.73. The van der Waals surface area contributed by atoms with Crippen molar-refractivity contribution in [2.75, 3.05) is 7.11 Å². The molecule has 0 radical (unpaired) electrons. The zero-order valence-corrected chi connectivity index (χ0v) is 12.5. The van der Waals surface area contributed by atoms with Crippen LogP contribution in [0.15, 0.2) is 42.6 Å². The molecule has 1 N–H and O–H groups in total. The Morgan fingerprint density at radius 3 is 2.58 bits per heavy atom. The number of rotatable bonds is 4. The smallest absolute Gasteiger partial charge is 0.251 e. The summed E-state index contributed by atoms with van der Waals surface area (Å²) < 4.78 is 6.08. The summed E-state index contributed by atoms with van der Waals surface area (Å²) in [5.74, 6) is 0.472. The second-order valence-corrected chi connectivity index (χ2v) is 5.14. The molecular formula is C14H13IN2O2. The van der Waals surface area contributed by atoms with Crippen molar-refractivity contribution >= 4 is 28.5 Å². The quantitative estimate of drug-likeness (QED) is 0.845. The first-order valence-corrected chi connectivity index (χ1v) is 6.79. The van der Waals surface area contributed by atoms with Crippen LogP contribution in [0.5, 0.6) is 5.88 Å². The van der Waals surface area contributed by atoms with Crippen molar-refractivity contribution in [2.45, 2.75) is 6.54 Å². The number of halogens is 1. The Labute approximate surface area is 125 Å². The number of nitrogens with zero attached hydrogens (tertiary/aromatic N) is 1. The van der Waals surface area contributed by atoms with E-state index < -0.39 is 0 Å². The van der Waals surface area contributed by atoms with E-state index in [1.54, 1.807) is 19.4 Å². The Bertz CT molecular complexity index is 553. The lowest BCUT2D eigenvalue weighted by atomic mass is 10.2. The Hall–Kier alpha value is -1.63. The molecule has 5 heteroatoms. The van der Waals surface area contributed by atoms with E-state index in [9.17, 15) is 4.79 Å². The van der Waals surface area contributed by atoms with Crippen molar-refractivity contribution in [1.29, 1.82) is 0 Å². The third-order valence-electron chi connectivity index (χ3n) is 2.57. The minimum absolute atomic E-state index is 0.0905. The summed E-state index contributed by atoms with van der Waals surface area (Å²) in [6, 6.07) is 11.1. The van der Waals surface area contributed by atoms with Crippen LogP contribution < -0.4 is 10.1 Å². The van der Waals surface area contributed by atoms with Gasteiger partial charge in [-0.2, -0.15) is 0 Å². The number of nitrogens with one attached hydrogen (secondary N) is 1. The van der Waals surface area contributed by atoms with E-state index in [2.05, 4.69) is 32.9 Å². The van der Waals surface area contributed by atoms with Gasteiger partial charge in [0.15, 0.2) is 0 Å². The second kappa shape index (κ2) is 6.51.